The summed E-state index contributed by atoms with van der Waals surface area (Å²) in [6.07, 6.45) is 3.33. The van der Waals surface area contributed by atoms with Gasteiger partial charge >= 0.3 is 0 Å². The highest BCUT2D eigenvalue weighted by atomic mass is 79.9. The number of primary amides is 1. The molecule has 4 N–H and O–H groups in total. The summed E-state index contributed by atoms with van der Waals surface area (Å²) in [4.78, 5) is 15.0. The van der Waals surface area contributed by atoms with E-state index in [2.05, 4.69) is 26.0 Å². The molecule has 0 radical (unpaired) electrons. The van der Waals surface area contributed by atoms with Crippen LogP contribution in [0, 0.1) is 6.92 Å². The second-order valence-corrected chi connectivity index (χ2v) is 5.70. The van der Waals surface area contributed by atoms with Gasteiger partial charge in [-0.05, 0) is 47.5 Å². The van der Waals surface area contributed by atoms with Crippen molar-refractivity contribution in [2.24, 2.45) is 10.8 Å². The summed E-state index contributed by atoms with van der Waals surface area (Å²) in [7, 11) is 0. The summed E-state index contributed by atoms with van der Waals surface area (Å²) in [6, 6.07) is 3.52. The second kappa shape index (κ2) is 7.82. The van der Waals surface area contributed by atoms with Gasteiger partial charge in [0.25, 0.3) is 5.91 Å². The fourth-order valence-corrected chi connectivity index (χ4v) is 2.51. The first kappa shape index (κ1) is 17.8. The Hall–Kier alpha value is -2.55. The minimum Gasteiger partial charge on any atom is -0.490 e. The van der Waals surface area contributed by atoms with Crippen LogP contribution in [-0.2, 0) is 4.79 Å². The van der Waals surface area contributed by atoms with Gasteiger partial charge in [0.05, 0.1) is 29.2 Å². The lowest BCUT2D eigenvalue weighted by molar-refractivity contribution is -0.119. The van der Waals surface area contributed by atoms with Crippen molar-refractivity contribution in [3.05, 3.63) is 34.1 Å². The summed E-state index contributed by atoms with van der Waals surface area (Å²) in [6.45, 7) is 3.88. The summed E-state index contributed by atoms with van der Waals surface area (Å²) < 4.78 is 13.0. The number of hydrogen-bond acceptors (Lipinski definition) is 6. The van der Waals surface area contributed by atoms with Gasteiger partial charge in [0.2, 0.25) is 5.95 Å². The monoisotopic (exact) mass is 395 g/mol. The number of carbonyl (C=O) groups excluding carboxylic acids is 1. The number of rotatable bonds is 7. The van der Waals surface area contributed by atoms with Gasteiger partial charge in [-0.2, -0.15) is 5.10 Å². The number of halogens is 1. The van der Waals surface area contributed by atoms with E-state index in [9.17, 15) is 4.79 Å². The van der Waals surface area contributed by atoms with Gasteiger partial charge in [0.15, 0.2) is 18.1 Å². The molecule has 1 heterocycles. The minimum atomic E-state index is -0.569. The number of imidazole rings is 1. The Labute approximate surface area is 147 Å². The third-order valence-corrected chi connectivity index (χ3v) is 3.45. The Bertz CT molecular complexity index is 773. The van der Waals surface area contributed by atoms with E-state index < -0.39 is 5.91 Å². The average Bonchev–Trinajstić information content (AvgIpc) is 2.82. The molecule has 2 aromatic rings. The van der Waals surface area contributed by atoms with Crippen LogP contribution in [0.1, 0.15) is 18.2 Å². The van der Waals surface area contributed by atoms with Crippen LogP contribution in [0.15, 0.2) is 27.9 Å². The van der Waals surface area contributed by atoms with Crippen molar-refractivity contribution in [2.45, 2.75) is 13.8 Å². The molecule has 0 saturated heterocycles. The molecule has 0 unspecified atom stereocenters. The molecule has 1 aromatic heterocycles. The maximum Gasteiger partial charge on any atom is 0.255 e. The molecule has 8 nitrogen and oxygen atoms in total. The lowest BCUT2D eigenvalue weighted by Gasteiger charge is -2.13. The normalized spacial score (nSPS) is 11.0. The molecular formula is C15H18BrN5O3. The summed E-state index contributed by atoms with van der Waals surface area (Å²) in [5.41, 5.74) is 12.4. The van der Waals surface area contributed by atoms with E-state index in [1.165, 1.54) is 4.68 Å². The predicted molar refractivity (Wildman–Crippen MR) is 94.4 cm³/mol. The number of amides is 1. The standard InChI is InChI=1S/C15H18BrN5O3/c1-3-23-12-5-10(4-11(16)14(12)24-8-13(17)22)6-19-21-7-9(2)20-15(21)18/h4-7H,3,8H2,1-2H3,(H2,17,22)(H2,18,20). The Morgan fingerprint density at radius 1 is 1.46 bits per heavy atom. The fraction of sp³-hybridized carbons (Fsp3) is 0.267. The van der Waals surface area contributed by atoms with Gasteiger partial charge in [-0.25, -0.2) is 9.66 Å². The number of anilines is 1. The van der Waals surface area contributed by atoms with E-state index in [0.717, 1.165) is 11.3 Å². The topological polar surface area (TPSA) is 118 Å². The number of nitrogens with zero attached hydrogens (tertiary/aromatic N) is 3. The van der Waals surface area contributed by atoms with Gasteiger partial charge in [0, 0.05) is 0 Å². The molecule has 128 valence electrons. The average molecular weight is 396 g/mol. The zero-order chi connectivity index (χ0) is 17.7. The van der Waals surface area contributed by atoms with Crippen molar-refractivity contribution < 1.29 is 14.3 Å². The number of aryl methyl sites for hydroxylation is 1. The summed E-state index contributed by atoms with van der Waals surface area (Å²) in [5.74, 6) is 0.616. The van der Waals surface area contributed by atoms with Crippen LogP contribution in [0.4, 0.5) is 5.95 Å². The van der Waals surface area contributed by atoms with Gasteiger partial charge < -0.3 is 20.9 Å². The first-order valence-electron chi connectivity index (χ1n) is 7.14. The first-order chi connectivity index (χ1) is 11.4. The van der Waals surface area contributed by atoms with Crippen LogP contribution >= 0.6 is 15.9 Å². The molecule has 24 heavy (non-hydrogen) atoms. The summed E-state index contributed by atoms with van der Waals surface area (Å²) in [5, 5.41) is 4.26. The smallest absolute Gasteiger partial charge is 0.255 e. The fourth-order valence-electron chi connectivity index (χ4n) is 1.93. The molecule has 2 rings (SSSR count). The Morgan fingerprint density at radius 3 is 2.79 bits per heavy atom. The first-order valence-corrected chi connectivity index (χ1v) is 7.93. The number of aromatic nitrogens is 2. The molecule has 0 bridgehead atoms. The third kappa shape index (κ3) is 4.48. The molecular weight excluding hydrogens is 378 g/mol. The molecule has 0 aliphatic carbocycles. The second-order valence-electron chi connectivity index (χ2n) is 4.85. The predicted octanol–water partition coefficient (Wildman–Crippen LogP) is 1.68. The van der Waals surface area contributed by atoms with E-state index in [1.807, 2.05) is 13.8 Å². The molecule has 0 fully saturated rings. The van der Waals surface area contributed by atoms with Crippen molar-refractivity contribution in [2.75, 3.05) is 18.9 Å². The molecule has 0 spiro atoms. The lowest BCUT2D eigenvalue weighted by Crippen LogP contribution is -2.20. The molecule has 0 aliphatic rings. The highest BCUT2D eigenvalue weighted by molar-refractivity contribution is 9.10. The zero-order valence-electron chi connectivity index (χ0n) is 13.3. The van der Waals surface area contributed by atoms with E-state index in [1.54, 1.807) is 24.5 Å². The Kier molecular flexibility index (Phi) is 5.80. The maximum atomic E-state index is 10.9. The van der Waals surface area contributed by atoms with E-state index in [0.29, 0.717) is 28.5 Å². The van der Waals surface area contributed by atoms with Crippen molar-refractivity contribution in [3.8, 4) is 11.5 Å². The Morgan fingerprint density at radius 2 is 2.21 bits per heavy atom. The lowest BCUT2D eigenvalue weighted by atomic mass is 10.2. The van der Waals surface area contributed by atoms with Crippen molar-refractivity contribution in [1.29, 1.82) is 0 Å². The highest BCUT2D eigenvalue weighted by Gasteiger charge is 2.13. The number of benzene rings is 1. The molecule has 0 aliphatic heterocycles. The maximum absolute atomic E-state index is 10.9. The largest absolute Gasteiger partial charge is 0.490 e. The molecule has 1 amide bonds. The number of carbonyl (C=O) groups is 1. The van der Waals surface area contributed by atoms with Crippen LogP contribution in [0.2, 0.25) is 0 Å². The highest BCUT2D eigenvalue weighted by Crippen LogP contribution is 2.36. The number of nitrogens with two attached hydrogens (primary N) is 2. The number of hydrogen-bond donors (Lipinski definition) is 2. The third-order valence-electron chi connectivity index (χ3n) is 2.86. The summed E-state index contributed by atoms with van der Waals surface area (Å²) >= 11 is 3.40. The zero-order valence-corrected chi connectivity index (χ0v) is 14.9. The molecule has 1 aromatic carbocycles. The van der Waals surface area contributed by atoms with Crippen LogP contribution in [-0.4, -0.2) is 35.0 Å². The molecule has 9 heteroatoms. The van der Waals surface area contributed by atoms with Crippen molar-refractivity contribution >= 4 is 34.0 Å². The van der Waals surface area contributed by atoms with E-state index in [-0.39, 0.29) is 6.61 Å². The van der Waals surface area contributed by atoms with Crippen LogP contribution in [0.3, 0.4) is 0 Å². The van der Waals surface area contributed by atoms with Gasteiger partial charge in [0.1, 0.15) is 0 Å². The van der Waals surface area contributed by atoms with Crippen molar-refractivity contribution in [1.82, 2.24) is 9.66 Å². The molecule has 0 saturated carbocycles. The van der Waals surface area contributed by atoms with Gasteiger partial charge in [-0.1, -0.05) is 0 Å². The molecule has 0 atom stereocenters. The van der Waals surface area contributed by atoms with Gasteiger partial charge in [-0.3, -0.25) is 4.79 Å². The van der Waals surface area contributed by atoms with E-state index in [4.69, 9.17) is 20.9 Å². The van der Waals surface area contributed by atoms with E-state index >= 15 is 0 Å². The quantitative estimate of drug-likeness (QED) is 0.691. The van der Waals surface area contributed by atoms with Gasteiger partial charge in [-0.15, -0.1) is 0 Å². The number of ether oxygens (including phenoxy) is 2. The van der Waals surface area contributed by atoms with Crippen LogP contribution < -0.4 is 20.9 Å². The van der Waals surface area contributed by atoms with Crippen molar-refractivity contribution in [3.63, 3.8) is 0 Å². The van der Waals surface area contributed by atoms with Crippen LogP contribution in [0.5, 0.6) is 11.5 Å². The number of nitrogen functional groups attached to an aromatic ring is 1. The minimum absolute atomic E-state index is 0.239. The Balaban J connectivity index is 2.31. The van der Waals surface area contributed by atoms with Crippen LogP contribution in [0.25, 0.3) is 0 Å². The SMILES string of the molecule is CCOc1cc(C=Nn2cc(C)nc2N)cc(Br)c1OCC(N)=O.